The van der Waals surface area contributed by atoms with Crippen LogP contribution in [0.25, 0.3) is 0 Å². The minimum Gasteiger partial charge on any atom is -0.458 e. The summed E-state index contributed by atoms with van der Waals surface area (Å²) in [6, 6.07) is 18.3. The highest BCUT2D eigenvalue weighted by molar-refractivity contribution is 5.86. The number of rotatable bonds is 4. The number of esters is 1. The Bertz CT molecular complexity index is 718. The summed E-state index contributed by atoms with van der Waals surface area (Å²) in [6.07, 6.45) is 1.94. The van der Waals surface area contributed by atoms with E-state index in [1.165, 1.54) is 0 Å². The number of aliphatic hydroxyl groups is 1. The molecule has 2 aromatic rings. The van der Waals surface area contributed by atoms with E-state index in [0.717, 1.165) is 25.9 Å². The number of hydrogen-bond acceptors (Lipinski definition) is 4. The molecule has 3 heterocycles. The number of fused-ring (bicyclic) bond motifs is 3. The molecule has 2 atom stereocenters. The molecule has 2 unspecified atom stereocenters. The van der Waals surface area contributed by atoms with Crippen molar-refractivity contribution >= 4 is 18.4 Å². The summed E-state index contributed by atoms with van der Waals surface area (Å²) < 4.78 is 5.98. The Morgan fingerprint density at radius 1 is 1.00 bits per heavy atom. The lowest BCUT2D eigenvalue weighted by Gasteiger charge is -2.49. The zero-order valence-corrected chi connectivity index (χ0v) is 16.3. The van der Waals surface area contributed by atoms with E-state index in [2.05, 4.69) is 11.8 Å². The predicted octanol–water partition coefficient (Wildman–Crippen LogP) is 3.37. The number of piperidine rings is 3. The molecule has 3 aliphatic heterocycles. The Kier molecular flexibility index (Phi) is 5.89. The van der Waals surface area contributed by atoms with Gasteiger partial charge >= 0.3 is 5.97 Å². The third-order valence-electron chi connectivity index (χ3n) is 6.01. The van der Waals surface area contributed by atoms with Crippen LogP contribution in [-0.2, 0) is 15.1 Å². The lowest BCUT2D eigenvalue weighted by molar-refractivity contribution is -0.182. The zero-order valence-electron chi connectivity index (χ0n) is 15.5. The van der Waals surface area contributed by atoms with E-state index >= 15 is 0 Å². The van der Waals surface area contributed by atoms with Crippen molar-refractivity contribution in [1.82, 2.24) is 4.90 Å². The Hall–Kier alpha value is -1.88. The Morgan fingerprint density at radius 2 is 1.48 bits per heavy atom. The van der Waals surface area contributed by atoms with Crippen LogP contribution in [0.2, 0.25) is 0 Å². The molecule has 5 rings (SSSR count). The molecule has 3 saturated heterocycles. The third-order valence-corrected chi connectivity index (χ3v) is 6.01. The summed E-state index contributed by atoms with van der Waals surface area (Å²) in [4.78, 5) is 15.6. The van der Waals surface area contributed by atoms with Crippen molar-refractivity contribution in [2.24, 2.45) is 5.92 Å². The molecule has 144 valence electrons. The molecule has 3 aliphatic rings. The van der Waals surface area contributed by atoms with Crippen molar-refractivity contribution in [2.75, 3.05) is 13.1 Å². The number of benzene rings is 2. The first-order valence-electron chi connectivity index (χ1n) is 9.39. The normalized spacial score (nSPS) is 26.9. The molecular formula is C22H26ClNO3. The minimum atomic E-state index is -1.80. The second kappa shape index (κ2) is 8.01. The molecule has 2 bridgehead atoms. The van der Waals surface area contributed by atoms with E-state index in [1.54, 1.807) is 24.3 Å². The topological polar surface area (TPSA) is 49.8 Å². The highest BCUT2D eigenvalue weighted by Gasteiger charge is 2.47. The first-order valence-corrected chi connectivity index (χ1v) is 9.39. The number of carbonyl (C=O) groups excluding carboxylic acids is 1. The number of hydrogen-bond donors (Lipinski definition) is 1. The van der Waals surface area contributed by atoms with Gasteiger partial charge in [-0.3, -0.25) is 4.90 Å². The Labute approximate surface area is 166 Å². The van der Waals surface area contributed by atoms with Gasteiger partial charge in [-0.2, -0.15) is 0 Å². The molecule has 0 spiro atoms. The quantitative estimate of drug-likeness (QED) is 0.817. The average molecular weight is 388 g/mol. The van der Waals surface area contributed by atoms with Gasteiger partial charge in [0.1, 0.15) is 6.10 Å². The van der Waals surface area contributed by atoms with Gasteiger partial charge in [0.15, 0.2) is 0 Å². The van der Waals surface area contributed by atoms with Crippen LogP contribution in [0.3, 0.4) is 0 Å². The van der Waals surface area contributed by atoms with Gasteiger partial charge in [0.25, 0.3) is 0 Å². The van der Waals surface area contributed by atoms with Crippen molar-refractivity contribution in [2.45, 2.75) is 37.5 Å². The standard InChI is InChI=1S/C22H25NO3.ClH/c1-16-20(17-12-14-23(16)15-13-17)26-21(24)22(25,18-8-4-2-5-9-18)19-10-6-3-7-11-19;/h2-11,16-17,20,25H,12-15H2,1H3;1H. The fraction of sp³-hybridized carbons (Fsp3) is 0.409. The second-order valence-corrected chi connectivity index (χ2v) is 7.43. The summed E-state index contributed by atoms with van der Waals surface area (Å²) in [5, 5.41) is 11.5. The fourth-order valence-electron chi connectivity index (χ4n) is 4.42. The molecule has 0 aromatic heterocycles. The maximum atomic E-state index is 13.3. The van der Waals surface area contributed by atoms with Crippen molar-refractivity contribution < 1.29 is 14.6 Å². The smallest absolute Gasteiger partial charge is 0.348 e. The molecule has 3 fully saturated rings. The van der Waals surface area contributed by atoms with Crippen molar-refractivity contribution in [1.29, 1.82) is 0 Å². The van der Waals surface area contributed by atoms with Gasteiger partial charge in [0.05, 0.1) is 0 Å². The van der Waals surface area contributed by atoms with Crippen LogP contribution in [0.1, 0.15) is 30.9 Å². The van der Waals surface area contributed by atoms with Crippen LogP contribution in [0.4, 0.5) is 0 Å². The predicted molar refractivity (Wildman–Crippen MR) is 107 cm³/mol. The number of nitrogens with zero attached hydrogens (tertiary/aromatic N) is 1. The van der Waals surface area contributed by atoms with Gasteiger partial charge in [-0.25, -0.2) is 4.79 Å². The van der Waals surface area contributed by atoms with Gasteiger partial charge in [0.2, 0.25) is 5.60 Å². The summed E-state index contributed by atoms with van der Waals surface area (Å²) >= 11 is 0. The lowest BCUT2D eigenvalue weighted by atomic mass is 9.80. The maximum Gasteiger partial charge on any atom is 0.348 e. The molecule has 27 heavy (non-hydrogen) atoms. The highest BCUT2D eigenvalue weighted by Crippen LogP contribution is 2.37. The van der Waals surface area contributed by atoms with Crippen LogP contribution < -0.4 is 0 Å². The van der Waals surface area contributed by atoms with E-state index in [-0.39, 0.29) is 24.6 Å². The maximum absolute atomic E-state index is 13.3. The molecule has 5 heteroatoms. The van der Waals surface area contributed by atoms with Gasteiger partial charge < -0.3 is 9.84 Å². The molecule has 1 N–H and O–H groups in total. The van der Waals surface area contributed by atoms with Crippen molar-refractivity contribution in [3.63, 3.8) is 0 Å². The molecule has 0 aliphatic carbocycles. The van der Waals surface area contributed by atoms with Crippen molar-refractivity contribution in [3.05, 3.63) is 71.8 Å². The summed E-state index contributed by atoms with van der Waals surface area (Å²) in [6.45, 7) is 4.26. The first kappa shape index (κ1) is 19.9. The third kappa shape index (κ3) is 3.49. The van der Waals surface area contributed by atoms with Crippen LogP contribution >= 0.6 is 12.4 Å². The van der Waals surface area contributed by atoms with Crippen LogP contribution in [-0.4, -0.2) is 41.2 Å². The average Bonchev–Trinajstić information content (AvgIpc) is 2.71. The summed E-state index contributed by atoms with van der Waals surface area (Å²) in [7, 11) is 0. The largest absolute Gasteiger partial charge is 0.458 e. The molecule has 0 saturated carbocycles. The number of carbonyl (C=O) groups is 1. The number of ether oxygens (including phenoxy) is 1. The van der Waals surface area contributed by atoms with E-state index in [1.807, 2.05) is 36.4 Å². The van der Waals surface area contributed by atoms with Gasteiger partial charge in [-0.15, -0.1) is 12.4 Å². The minimum absolute atomic E-state index is 0. The Morgan fingerprint density at radius 3 is 1.93 bits per heavy atom. The first-order chi connectivity index (χ1) is 12.6. The van der Waals surface area contributed by atoms with E-state index in [0.29, 0.717) is 17.0 Å². The highest BCUT2D eigenvalue weighted by atomic mass is 35.5. The molecule has 0 radical (unpaired) electrons. The van der Waals surface area contributed by atoms with Gasteiger partial charge in [-0.05, 0) is 49.9 Å². The zero-order chi connectivity index (χ0) is 18.1. The monoisotopic (exact) mass is 387 g/mol. The molecule has 4 nitrogen and oxygen atoms in total. The van der Waals surface area contributed by atoms with Crippen LogP contribution in [0.15, 0.2) is 60.7 Å². The summed E-state index contributed by atoms with van der Waals surface area (Å²) in [5.41, 5.74) is -0.732. The van der Waals surface area contributed by atoms with E-state index in [4.69, 9.17) is 4.74 Å². The summed E-state index contributed by atoms with van der Waals surface area (Å²) in [5.74, 6) is -0.199. The molecular weight excluding hydrogens is 362 g/mol. The number of halogens is 1. The molecule has 2 aromatic carbocycles. The fourth-order valence-corrected chi connectivity index (χ4v) is 4.42. The Balaban J connectivity index is 0.00000210. The van der Waals surface area contributed by atoms with E-state index in [9.17, 15) is 9.90 Å². The second-order valence-electron chi connectivity index (χ2n) is 7.43. The van der Waals surface area contributed by atoms with Gasteiger partial charge in [-0.1, -0.05) is 60.7 Å². The lowest BCUT2D eigenvalue weighted by Crippen LogP contribution is -2.58. The van der Waals surface area contributed by atoms with Crippen LogP contribution in [0.5, 0.6) is 0 Å². The molecule has 0 amide bonds. The van der Waals surface area contributed by atoms with Gasteiger partial charge in [0, 0.05) is 6.04 Å². The van der Waals surface area contributed by atoms with E-state index < -0.39 is 11.6 Å². The SMILES string of the molecule is CC1C(OC(=O)C(O)(c2ccccc2)c2ccccc2)C2CCN1CC2.Cl. The van der Waals surface area contributed by atoms with Crippen molar-refractivity contribution in [3.8, 4) is 0 Å². The van der Waals surface area contributed by atoms with Crippen LogP contribution in [0, 0.1) is 5.92 Å².